The molecule has 0 spiro atoms. The summed E-state index contributed by atoms with van der Waals surface area (Å²) in [6.07, 6.45) is 1.39. The fraction of sp³-hybridized carbons (Fsp3) is 0.600. The molecule has 1 aromatic rings. The van der Waals surface area contributed by atoms with Crippen LogP contribution in [0.5, 0.6) is 0 Å². The average Bonchev–Trinajstić information content (AvgIpc) is 2.84. The quantitative estimate of drug-likeness (QED) is 0.374. The summed E-state index contributed by atoms with van der Waals surface area (Å²) in [5, 5.41) is 5.52. The molecule has 0 radical (unpaired) electrons. The van der Waals surface area contributed by atoms with E-state index in [4.69, 9.17) is 14.2 Å². The first-order chi connectivity index (χ1) is 17.0. The standard InChI is InChI=1S/C25H37N3O7S/c1-25(2,3)35-24(32)28-13-11-19(18(15-28)22(30)33-4)26-21(29)20(12-14-36-5)27-23(31)34-16-17-9-7-6-8-10-17/h6-10,18-20H,11-16H2,1-5H3,(H,26,29)(H,27,31)/t18?,19?,20-/m0/s1. The molecule has 2 N–H and O–H groups in total. The van der Waals surface area contributed by atoms with E-state index in [-0.39, 0.29) is 13.2 Å². The fourth-order valence-corrected chi connectivity index (χ4v) is 4.17. The van der Waals surface area contributed by atoms with Crippen LogP contribution in [0.2, 0.25) is 0 Å². The highest BCUT2D eigenvalue weighted by Gasteiger charge is 2.39. The number of nitrogens with zero attached hydrogens (tertiary/aromatic N) is 1. The van der Waals surface area contributed by atoms with E-state index in [2.05, 4.69) is 10.6 Å². The van der Waals surface area contributed by atoms with Crippen molar-refractivity contribution in [2.45, 2.75) is 57.9 Å². The van der Waals surface area contributed by atoms with Gasteiger partial charge in [0.1, 0.15) is 18.2 Å². The number of hydrogen-bond donors (Lipinski definition) is 2. The van der Waals surface area contributed by atoms with E-state index < -0.39 is 47.7 Å². The normalized spacial score (nSPS) is 18.5. The molecule has 0 aromatic heterocycles. The summed E-state index contributed by atoms with van der Waals surface area (Å²) in [5.41, 5.74) is 0.157. The summed E-state index contributed by atoms with van der Waals surface area (Å²) >= 11 is 1.54. The number of esters is 1. The molecule has 1 aliphatic rings. The molecule has 11 heteroatoms. The van der Waals surface area contributed by atoms with Crippen LogP contribution in [0.1, 0.15) is 39.2 Å². The third-order valence-corrected chi connectivity index (χ3v) is 6.17. The predicted octanol–water partition coefficient (Wildman–Crippen LogP) is 2.95. The van der Waals surface area contributed by atoms with Gasteiger partial charge in [-0.05, 0) is 51.2 Å². The Labute approximate surface area is 216 Å². The molecule has 0 aliphatic carbocycles. The predicted molar refractivity (Wildman–Crippen MR) is 136 cm³/mol. The lowest BCUT2D eigenvalue weighted by atomic mass is 9.91. The molecule has 1 aromatic carbocycles. The highest BCUT2D eigenvalue weighted by atomic mass is 32.2. The summed E-state index contributed by atoms with van der Waals surface area (Å²) in [6, 6.07) is 7.81. The molecular weight excluding hydrogens is 486 g/mol. The van der Waals surface area contributed by atoms with Crippen molar-refractivity contribution in [2.75, 3.05) is 32.2 Å². The Hall–Kier alpha value is -2.95. The highest BCUT2D eigenvalue weighted by molar-refractivity contribution is 7.98. The van der Waals surface area contributed by atoms with E-state index in [0.717, 1.165) is 5.56 Å². The van der Waals surface area contributed by atoms with E-state index in [0.29, 0.717) is 25.1 Å². The van der Waals surface area contributed by atoms with Gasteiger partial charge in [0.15, 0.2) is 0 Å². The minimum absolute atomic E-state index is 0.0502. The van der Waals surface area contributed by atoms with E-state index in [1.165, 1.54) is 12.0 Å². The Morgan fingerprint density at radius 3 is 2.47 bits per heavy atom. The molecule has 10 nitrogen and oxygen atoms in total. The molecule has 3 amide bonds. The number of alkyl carbamates (subject to hydrolysis) is 1. The highest BCUT2D eigenvalue weighted by Crippen LogP contribution is 2.22. The van der Waals surface area contributed by atoms with Gasteiger partial charge in [0.05, 0.1) is 13.0 Å². The lowest BCUT2D eigenvalue weighted by Gasteiger charge is -2.38. The lowest BCUT2D eigenvalue weighted by Crippen LogP contribution is -2.58. The summed E-state index contributed by atoms with van der Waals surface area (Å²) in [6.45, 7) is 5.73. The van der Waals surface area contributed by atoms with Crippen molar-refractivity contribution in [1.82, 2.24) is 15.5 Å². The van der Waals surface area contributed by atoms with E-state index >= 15 is 0 Å². The fourth-order valence-electron chi connectivity index (χ4n) is 3.70. The number of benzene rings is 1. The number of piperidine rings is 1. The molecule has 2 unspecified atom stereocenters. The Kier molecular flexibility index (Phi) is 11.4. The number of ether oxygens (including phenoxy) is 3. The number of methoxy groups -OCH3 is 1. The molecular formula is C25H37N3O7S. The first kappa shape index (κ1) is 29.3. The second-order valence-electron chi connectivity index (χ2n) is 9.50. The number of carbonyl (C=O) groups excluding carboxylic acids is 4. The van der Waals surface area contributed by atoms with Crippen LogP contribution >= 0.6 is 11.8 Å². The van der Waals surface area contributed by atoms with Crippen molar-refractivity contribution in [2.24, 2.45) is 5.92 Å². The first-order valence-corrected chi connectivity index (χ1v) is 13.3. The van der Waals surface area contributed by atoms with Crippen molar-refractivity contribution < 1.29 is 33.4 Å². The zero-order chi connectivity index (χ0) is 26.7. The monoisotopic (exact) mass is 523 g/mol. The molecule has 0 bridgehead atoms. The zero-order valence-electron chi connectivity index (χ0n) is 21.6. The van der Waals surface area contributed by atoms with Gasteiger partial charge >= 0.3 is 18.2 Å². The smallest absolute Gasteiger partial charge is 0.410 e. The van der Waals surface area contributed by atoms with Gasteiger partial charge in [-0.1, -0.05) is 30.3 Å². The minimum Gasteiger partial charge on any atom is -0.469 e. The van der Waals surface area contributed by atoms with Crippen LogP contribution in [0.25, 0.3) is 0 Å². The van der Waals surface area contributed by atoms with Crippen molar-refractivity contribution in [3.63, 3.8) is 0 Å². The first-order valence-electron chi connectivity index (χ1n) is 11.9. The molecule has 1 heterocycles. The maximum Gasteiger partial charge on any atom is 0.410 e. The third-order valence-electron chi connectivity index (χ3n) is 5.53. The molecule has 1 fully saturated rings. The molecule has 2 rings (SSSR count). The molecule has 200 valence electrons. The number of hydrogen-bond acceptors (Lipinski definition) is 8. The molecule has 1 saturated heterocycles. The molecule has 0 saturated carbocycles. The van der Waals surface area contributed by atoms with Gasteiger partial charge in [0, 0.05) is 19.1 Å². The van der Waals surface area contributed by atoms with Crippen molar-refractivity contribution in [3.05, 3.63) is 35.9 Å². The number of thioether (sulfide) groups is 1. The van der Waals surface area contributed by atoms with Crippen LogP contribution in [0, 0.1) is 5.92 Å². The van der Waals surface area contributed by atoms with Crippen LogP contribution in [-0.2, 0) is 30.4 Å². The number of likely N-dealkylation sites (tertiary alicyclic amines) is 1. The van der Waals surface area contributed by atoms with Crippen LogP contribution < -0.4 is 10.6 Å². The van der Waals surface area contributed by atoms with E-state index in [9.17, 15) is 19.2 Å². The molecule has 3 atom stereocenters. The van der Waals surface area contributed by atoms with Crippen molar-refractivity contribution in [3.8, 4) is 0 Å². The summed E-state index contributed by atoms with van der Waals surface area (Å²) in [4.78, 5) is 52.0. The van der Waals surface area contributed by atoms with Gasteiger partial charge in [-0.15, -0.1) is 0 Å². The zero-order valence-corrected chi connectivity index (χ0v) is 22.4. The molecule has 36 heavy (non-hydrogen) atoms. The average molecular weight is 524 g/mol. The Morgan fingerprint density at radius 1 is 1.17 bits per heavy atom. The van der Waals surface area contributed by atoms with Gasteiger partial charge in [0.2, 0.25) is 5.91 Å². The second-order valence-corrected chi connectivity index (χ2v) is 10.5. The van der Waals surface area contributed by atoms with Gasteiger partial charge in [-0.25, -0.2) is 9.59 Å². The number of rotatable bonds is 9. The van der Waals surface area contributed by atoms with Crippen LogP contribution in [0.3, 0.4) is 0 Å². The van der Waals surface area contributed by atoms with Gasteiger partial charge < -0.3 is 29.7 Å². The van der Waals surface area contributed by atoms with Crippen LogP contribution in [0.4, 0.5) is 9.59 Å². The van der Waals surface area contributed by atoms with Gasteiger partial charge in [-0.2, -0.15) is 11.8 Å². The number of carbonyl (C=O) groups is 4. The lowest BCUT2D eigenvalue weighted by molar-refractivity contribution is -0.148. The maximum absolute atomic E-state index is 13.1. The van der Waals surface area contributed by atoms with Crippen molar-refractivity contribution >= 4 is 35.8 Å². The summed E-state index contributed by atoms with van der Waals surface area (Å²) in [7, 11) is 1.26. The Balaban J connectivity index is 2.02. The summed E-state index contributed by atoms with van der Waals surface area (Å²) < 4.78 is 15.6. The molecule has 1 aliphatic heterocycles. The Morgan fingerprint density at radius 2 is 1.86 bits per heavy atom. The summed E-state index contributed by atoms with van der Waals surface area (Å²) in [5.74, 6) is -1.10. The SMILES string of the molecule is COC(=O)C1CN(C(=O)OC(C)(C)C)CCC1NC(=O)[C@H](CCSC)NC(=O)OCc1ccccc1. The second kappa shape index (κ2) is 14.0. The number of amides is 3. The van der Waals surface area contributed by atoms with Gasteiger partial charge in [0.25, 0.3) is 0 Å². The third kappa shape index (κ3) is 9.60. The topological polar surface area (TPSA) is 123 Å². The van der Waals surface area contributed by atoms with Crippen LogP contribution in [0.15, 0.2) is 30.3 Å². The van der Waals surface area contributed by atoms with Crippen molar-refractivity contribution in [1.29, 1.82) is 0 Å². The van der Waals surface area contributed by atoms with E-state index in [1.807, 2.05) is 36.6 Å². The minimum atomic E-state index is -0.845. The maximum atomic E-state index is 13.1. The number of nitrogens with one attached hydrogen (secondary N) is 2. The largest absolute Gasteiger partial charge is 0.469 e. The van der Waals surface area contributed by atoms with Gasteiger partial charge in [-0.3, -0.25) is 9.59 Å². The van der Waals surface area contributed by atoms with E-state index in [1.54, 1.807) is 32.5 Å². The Bertz CT molecular complexity index is 891. The van der Waals surface area contributed by atoms with Crippen LogP contribution in [-0.4, -0.2) is 78.9 Å².